The Bertz CT molecular complexity index is 1220. The molecule has 1 aliphatic heterocycles. The molecule has 2 amide bonds. The van der Waals surface area contributed by atoms with Gasteiger partial charge in [-0.05, 0) is 43.3 Å². The quantitative estimate of drug-likeness (QED) is 0.436. The van der Waals surface area contributed by atoms with Crippen LogP contribution in [0.5, 0.6) is 0 Å². The second kappa shape index (κ2) is 7.96. The van der Waals surface area contributed by atoms with Crippen molar-refractivity contribution in [2.24, 2.45) is 0 Å². The van der Waals surface area contributed by atoms with Crippen LogP contribution in [0.3, 0.4) is 0 Å². The lowest BCUT2D eigenvalue weighted by Crippen LogP contribution is -2.37. The maximum Gasteiger partial charge on any atom is 0.338 e. The summed E-state index contributed by atoms with van der Waals surface area (Å²) in [7, 11) is 0. The van der Waals surface area contributed by atoms with Gasteiger partial charge in [-0.1, -0.05) is 27.3 Å². The van der Waals surface area contributed by atoms with Crippen LogP contribution in [0.1, 0.15) is 27.6 Å². The number of carbonyl (C=O) groups excluding carboxylic acids is 4. The summed E-state index contributed by atoms with van der Waals surface area (Å²) < 4.78 is 6.36. The Morgan fingerprint density at radius 1 is 1.20 bits per heavy atom. The van der Waals surface area contributed by atoms with Crippen LogP contribution in [0.4, 0.5) is 10.8 Å². The molecule has 2 heterocycles. The highest BCUT2D eigenvalue weighted by Gasteiger charge is 2.37. The van der Waals surface area contributed by atoms with Gasteiger partial charge in [0.15, 0.2) is 5.13 Å². The molecule has 0 bridgehead atoms. The van der Waals surface area contributed by atoms with Gasteiger partial charge in [-0.15, -0.1) is 0 Å². The SMILES string of the molecule is CCOC(=O)c1ccc2nc(NC(=O)CN3C(=O)C(=O)c4cc(Br)ccc43)sc2c1. The molecule has 2 aromatic carbocycles. The van der Waals surface area contributed by atoms with Crippen molar-refractivity contribution < 1.29 is 23.9 Å². The number of fused-ring (bicyclic) bond motifs is 2. The normalized spacial score (nSPS) is 12.9. The van der Waals surface area contributed by atoms with Crippen LogP contribution in [0.2, 0.25) is 0 Å². The van der Waals surface area contributed by atoms with Gasteiger partial charge in [0.1, 0.15) is 6.54 Å². The van der Waals surface area contributed by atoms with Crippen LogP contribution in [-0.4, -0.2) is 41.7 Å². The van der Waals surface area contributed by atoms with Crippen LogP contribution < -0.4 is 10.2 Å². The number of anilines is 2. The van der Waals surface area contributed by atoms with Crippen molar-refractivity contribution >= 4 is 71.9 Å². The van der Waals surface area contributed by atoms with Gasteiger partial charge in [0.2, 0.25) is 5.91 Å². The number of hydrogen-bond acceptors (Lipinski definition) is 7. The summed E-state index contributed by atoms with van der Waals surface area (Å²) >= 11 is 4.46. The number of benzene rings is 2. The van der Waals surface area contributed by atoms with Crippen molar-refractivity contribution in [1.82, 2.24) is 4.98 Å². The summed E-state index contributed by atoms with van der Waals surface area (Å²) in [4.78, 5) is 54.3. The monoisotopic (exact) mass is 487 g/mol. The Labute approximate surface area is 183 Å². The Kier molecular flexibility index (Phi) is 5.35. The summed E-state index contributed by atoms with van der Waals surface area (Å²) in [5, 5.41) is 2.97. The molecule has 1 aliphatic rings. The number of nitrogens with zero attached hydrogens (tertiary/aromatic N) is 2. The molecule has 0 spiro atoms. The van der Waals surface area contributed by atoms with Crippen molar-refractivity contribution in [3.05, 3.63) is 52.0 Å². The number of halogens is 1. The van der Waals surface area contributed by atoms with Crippen LogP contribution in [0.15, 0.2) is 40.9 Å². The highest BCUT2D eigenvalue weighted by molar-refractivity contribution is 9.10. The van der Waals surface area contributed by atoms with E-state index in [0.717, 1.165) is 4.90 Å². The fourth-order valence-corrected chi connectivity index (χ4v) is 4.33. The van der Waals surface area contributed by atoms with E-state index in [1.54, 1.807) is 43.3 Å². The largest absolute Gasteiger partial charge is 0.462 e. The van der Waals surface area contributed by atoms with Gasteiger partial charge in [-0.25, -0.2) is 9.78 Å². The van der Waals surface area contributed by atoms with E-state index in [1.807, 2.05) is 0 Å². The van der Waals surface area contributed by atoms with E-state index in [4.69, 9.17) is 4.74 Å². The predicted octanol–water partition coefficient (Wildman–Crippen LogP) is 3.40. The molecule has 0 unspecified atom stereocenters. The third-order valence-electron chi connectivity index (χ3n) is 4.38. The number of hydrogen-bond donors (Lipinski definition) is 1. The highest BCUT2D eigenvalue weighted by atomic mass is 79.9. The topological polar surface area (TPSA) is 106 Å². The van der Waals surface area contributed by atoms with Crippen molar-refractivity contribution in [2.75, 3.05) is 23.4 Å². The molecule has 4 rings (SSSR count). The number of nitrogens with one attached hydrogen (secondary N) is 1. The van der Waals surface area contributed by atoms with E-state index in [9.17, 15) is 19.2 Å². The Morgan fingerprint density at radius 2 is 2.00 bits per heavy atom. The first-order valence-corrected chi connectivity index (χ1v) is 10.5. The fraction of sp³-hybridized carbons (Fsp3) is 0.150. The van der Waals surface area contributed by atoms with Crippen LogP contribution >= 0.6 is 27.3 Å². The van der Waals surface area contributed by atoms with Crippen LogP contribution in [0, 0.1) is 0 Å². The number of esters is 1. The molecule has 3 aromatic rings. The number of rotatable bonds is 5. The fourth-order valence-electron chi connectivity index (χ4n) is 3.05. The minimum Gasteiger partial charge on any atom is -0.462 e. The molecule has 0 saturated carbocycles. The summed E-state index contributed by atoms with van der Waals surface area (Å²) in [6, 6.07) is 9.80. The van der Waals surface area contributed by atoms with Gasteiger partial charge in [-0.3, -0.25) is 19.3 Å². The maximum absolute atomic E-state index is 12.5. The molecule has 0 fully saturated rings. The zero-order valence-corrected chi connectivity index (χ0v) is 18.0. The lowest BCUT2D eigenvalue weighted by atomic mass is 10.1. The van der Waals surface area contributed by atoms with Crippen molar-refractivity contribution in [2.45, 2.75) is 6.92 Å². The first kappa shape index (κ1) is 20.2. The standard InChI is InChI=1S/C20H14BrN3O5S/c1-2-29-19(28)10-3-5-13-15(7-10)30-20(22-13)23-16(25)9-24-14-6-4-11(21)8-12(14)17(26)18(24)27/h3-8H,2,9H2,1H3,(H,22,23,25). The number of carbonyl (C=O) groups is 4. The van der Waals surface area contributed by atoms with E-state index in [-0.39, 0.29) is 18.7 Å². The molecule has 0 saturated heterocycles. The molecule has 1 N–H and O–H groups in total. The average Bonchev–Trinajstić information content (AvgIpc) is 3.21. The molecule has 8 nitrogen and oxygen atoms in total. The van der Waals surface area contributed by atoms with Gasteiger partial charge >= 0.3 is 5.97 Å². The second-order valence-electron chi connectivity index (χ2n) is 6.35. The Morgan fingerprint density at radius 3 is 2.77 bits per heavy atom. The van der Waals surface area contributed by atoms with Crippen LogP contribution in [-0.2, 0) is 14.3 Å². The first-order valence-electron chi connectivity index (χ1n) is 8.90. The third kappa shape index (κ3) is 3.71. The number of ether oxygens (including phenoxy) is 1. The smallest absolute Gasteiger partial charge is 0.338 e. The molecular formula is C20H14BrN3O5S. The minimum absolute atomic E-state index is 0.258. The zero-order chi connectivity index (χ0) is 21.4. The van der Waals surface area contributed by atoms with Crippen molar-refractivity contribution in [3.63, 3.8) is 0 Å². The van der Waals surface area contributed by atoms with Gasteiger partial charge in [-0.2, -0.15) is 0 Å². The summed E-state index contributed by atoms with van der Waals surface area (Å²) in [6.45, 7) is 1.69. The Hall–Kier alpha value is -3.11. The molecule has 30 heavy (non-hydrogen) atoms. The first-order chi connectivity index (χ1) is 14.4. The second-order valence-corrected chi connectivity index (χ2v) is 8.30. The van der Waals surface area contributed by atoms with E-state index < -0.39 is 23.6 Å². The Balaban J connectivity index is 1.51. The number of thiazole rings is 1. The molecule has 0 aliphatic carbocycles. The van der Waals surface area contributed by atoms with E-state index in [1.165, 1.54) is 11.3 Å². The zero-order valence-electron chi connectivity index (χ0n) is 15.6. The van der Waals surface area contributed by atoms with E-state index in [0.29, 0.717) is 31.1 Å². The molecule has 0 atom stereocenters. The van der Waals surface area contributed by atoms with Gasteiger partial charge in [0.25, 0.3) is 11.7 Å². The number of Topliss-reactive ketones (excluding diaryl/α,β-unsaturated/α-hetero) is 1. The highest BCUT2D eigenvalue weighted by Crippen LogP contribution is 2.31. The lowest BCUT2D eigenvalue weighted by molar-refractivity contribution is -0.118. The molecule has 152 valence electrons. The van der Waals surface area contributed by atoms with Gasteiger partial charge in [0, 0.05) is 4.47 Å². The maximum atomic E-state index is 12.5. The molecular weight excluding hydrogens is 474 g/mol. The lowest BCUT2D eigenvalue weighted by Gasteiger charge is -2.15. The van der Waals surface area contributed by atoms with Gasteiger partial charge < -0.3 is 10.1 Å². The van der Waals surface area contributed by atoms with Crippen LogP contribution in [0.25, 0.3) is 10.2 Å². The van der Waals surface area contributed by atoms with E-state index in [2.05, 4.69) is 26.2 Å². The number of aromatic nitrogens is 1. The molecule has 0 radical (unpaired) electrons. The minimum atomic E-state index is -0.748. The summed E-state index contributed by atoms with van der Waals surface area (Å²) in [5.41, 5.74) is 1.67. The van der Waals surface area contributed by atoms with E-state index >= 15 is 0 Å². The predicted molar refractivity (Wildman–Crippen MR) is 115 cm³/mol. The van der Waals surface area contributed by atoms with Crippen molar-refractivity contribution in [3.8, 4) is 0 Å². The summed E-state index contributed by atoms with van der Waals surface area (Å²) in [5.74, 6) is -2.32. The summed E-state index contributed by atoms with van der Waals surface area (Å²) in [6.07, 6.45) is 0. The average molecular weight is 488 g/mol. The van der Waals surface area contributed by atoms with Crippen molar-refractivity contribution in [1.29, 1.82) is 0 Å². The molecule has 10 heteroatoms. The molecule has 1 aromatic heterocycles. The third-order valence-corrected chi connectivity index (χ3v) is 5.81. The number of amides is 2. The van der Waals surface area contributed by atoms with Gasteiger partial charge in [0.05, 0.1) is 33.6 Å². The number of ketones is 1.